The second kappa shape index (κ2) is 14.8. The number of para-hydroxylation sites is 1. The number of fused-ring (bicyclic) bond motifs is 2. The molecule has 1 amide bonds. The van der Waals surface area contributed by atoms with Gasteiger partial charge in [0.1, 0.15) is 5.75 Å². The van der Waals surface area contributed by atoms with Crippen molar-refractivity contribution in [2.45, 2.75) is 48.7 Å². The van der Waals surface area contributed by atoms with Gasteiger partial charge in [-0.15, -0.1) is 10.2 Å². The molecule has 7 rings (SSSR count). The molecule has 4 aromatic carbocycles. The number of methoxy groups -OCH3 is 1. The highest BCUT2D eigenvalue weighted by molar-refractivity contribution is 8.00. The van der Waals surface area contributed by atoms with E-state index in [9.17, 15) is 14.7 Å². The summed E-state index contributed by atoms with van der Waals surface area (Å²) in [6.07, 6.45) is 4.36. The summed E-state index contributed by atoms with van der Waals surface area (Å²) in [6, 6.07) is 27.6. The number of aliphatic hydroxyl groups excluding tert-OH is 1. The molecular formula is C39H35N3O6S2. The largest absolute Gasteiger partial charge is 0.503 e. The Labute approximate surface area is 297 Å². The molecule has 11 heteroatoms. The molecule has 0 fully saturated rings. The van der Waals surface area contributed by atoms with Gasteiger partial charge in [0.15, 0.2) is 27.2 Å². The fourth-order valence-corrected chi connectivity index (χ4v) is 8.04. The van der Waals surface area contributed by atoms with Crippen LogP contribution in [0.2, 0.25) is 0 Å². The van der Waals surface area contributed by atoms with Crippen LogP contribution in [-0.2, 0) is 10.5 Å². The van der Waals surface area contributed by atoms with Crippen molar-refractivity contribution in [2.24, 2.45) is 0 Å². The molecule has 1 atom stereocenters. The Kier molecular flexibility index (Phi) is 9.86. The number of amides is 1. The topological polar surface area (TPSA) is 115 Å². The van der Waals surface area contributed by atoms with Crippen molar-refractivity contribution in [1.82, 2.24) is 10.2 Å². The number of carbonyl (C=O) groups excluding carboxylic acids is 2. The summed E-state index contributed by atoms with van der Waals surface area (Å²) in [7, 11) is 1.52. The first kappa shape index (κ1) is 33.4. The lowest BCUT2D eigenvalue weighted by atomic mass is 9.95. The Bertz CT molecular complexity index is 2200. The maximum atomic E-state index is 14.2. The van der Waals surface area contributed by atoms with E-state index in [1.807, 2.05) is 30.3 Å². The molecule has 0 radical (unpaired) electrons. The number of furan rings is 1. The highest BCUT2D eigenvalue weighted by Gasteiger charge is 2.47. The van der Waals surface area contributed by atoms with Crippen LogP contribution in [0.15, 0.2) is 111 Å². The predicted molar refractivity (Wildman–Crippen MR) is 196 cm³/mol. The molecule has 0 aliphatic carbocycles. The van der Waals surface area contributed by atoms with Crippen molar-refractivity contribution in [2.75, 3.05) is 18.6 Å². The summed E-state index contributed by atoms with van der Waals surface area (Å²) in [6.45, 7) is 2.76. The standard InChI is InChI=1S/C39H35N3O6S2/c1-3-4-5-8-21-47-28-19-17-25(18-20-28)33-32(34(43)31-22-26-13-10-16-30(46-2)36(26)48-31)35(44)37(45)42(33)38-40-41-39(50-38)49-23-27-14-9-12-24-11-6-7-15-29(24)27/h6-7,9-20,22,33,44H,3-5,8,21,23H2,1-2H3. The van der Waals surface area contributed by atoms with Crippen LogP contribution in [0.5, 0.6) is 11.5 Å². The number of carbonyl (C=O) groups is 2. The number of thioether (sulfide) groups is 1. The average molecular weight is 706 g/mol. The van der Waals surface area contributed by atoms with Gasteiger partial charge in [-0.2, -0.15) is 0 Å². The van der Waals surface area contributed by atoms with E-state index >= 15 is 0 Å². The van der Waals surface area contributed by atoms with Gasteiger partial charge in [-0.25, -0.2) is 0 Å². The van der Waals surface area contributed by atoms with Crippen molar-refractivity contribution < 1.29 is 28.6 Å². The van der Waals surface area contributed by atoms with Crippen molar-refractivity contribution in [3.05, 3.63) is 119 Å². The van der Waals surface area contributed by atoms with Gasteiger partial charge in [-0.3, -0.25) is 14.5 Å². The quantitative estimate of drug-likeness (QED) is 0.0512. The number of aromatic nitrogens is 2. The zero-order valence-electron chi connectivity index (χ0n) is 27.6. The number of nitrogens with zero attached hydrogens (tertiary/aromatic N) is 3. The van der Waals surface area contributed by atoms with Crippen LogP contribution in [0.1, 0.15) is 60.3 Å². The van der Waals surface area contributed by atoms with Gasteiger partial charge in [0.05, 0.1) is 25.3 Å². The number of Topliss-reactive ketones (excluding diaryl/α,β-unsaturated/α-hetero) is 1. The third-order valence-electron chi connectivity index (χ3n) is 8.70. The minimum absolute atomic E-state index is 0.0265. The molecule has 0 saturated carbocycles. The molecule has 50 heavy (non-hydrogen) atoms. The van der Waals surface area contributed by atoms with E-state index in [1.165, 1.54) is 35.1 Å². The summed E-state index contributed by atoms with van der Waals surface area (Å²) in [4.78, 5) is 29.4. The lowest BCUT2D eigenvalue weighted by Crippen LogP contribution is -2.31. The van der Waals surface area contributed by atoms with E-state index in [1.54, 1.807) is 36.4 Å². The van der Waals surface area contributed by atoms with Crippen molar-refractivity contribution >= 4 is 61.7 Å². The monoisotopic (exact) mass is 705 g/mol. The van der Waals surface area contributed by atoms with Crippen molar-refractivity contribution in [1.29, 1.82) is 0 Å². The highest BCUT2D eigenvalue weighted by atomic mass is 32.2. The molecule has 6 aromatic rings. The minimum atomic E-state index is -0.993. The summed E-state index contributed by atoms with van der Waals surface area (Å²) in [5, 5.41) is 23.4. The summed E-state index contributed by atoms with van der Waals surface area (Å²) in [5.74, 6) is -0.262. The fraction of sp³-hybridized carbons (Fsp3) is 0.231. The number of rotatable bonds is 14. The van der Waals surface area contributed by atoms with Gasteiger partial charge in [-0.1, -0.05) is 116 Å². The first-order chi connectivity index (χ1) is 24.5. The molecule has 1 aliphatic rings. The van der Waals surface area contributed by atoms with E-state index in [4.69, 9.17) is 13.9 Å². The number of ether oxygens (including phenoxy) is 2. The summed E-state index contributed by atoms with van der Waals surface area (Å²) in [5.41, 5.74) is 2.04. The van der Waals surface area contributed by atoms with E-state index in [0.29, 0.717) is 44.7 Å². The normalized spacial score (nSPS) is 14.6. The molecule has 254 valence electrons. The maximum absolute atomic E-state index is 14.2. The highest BCUT2D eigenvalue weighted by Crippen LogP contribution is 2.45. The first-order valence-electron chi connectivity index (χ1n) is 16.5. The Morgan fingerprint density at radius 1 is 0.960 bits per heavy atom. The van der Waals surface area contributed by atoms with Crippen molar-refractivity contribution in [3.8, 4) is 11.5 Å². The molecule has 1 N–H and O–H groups in total. The van der Waals surface area contributed by atoms with Gasteiger partial charge < -0.3 is 19.0 Å². The molecular weight excluding hydrogens is 671 g/mol. The second-order valence-electron chi connectivity index (χ2n) is 11.9. The lowest BCUT2D eigenvalue weighted by molar-refractivity contribution is -0.117. The van der Waals surface area contributed by atoms with Gasteiger partial charge in [0, 0.05) is 11.1 Å². The van der Waals surface area contributed by atoms with Gasteiger partial charge >= 0.3 is 0 Å². The molecule has 0 spiro atoms. The SMILES string of the molecule is CCCCCCOc1ccc(C2C(C(=O)c3cc4cccc(OC)c4o3)=C(O)C(=O)N2c2nnc(SCc3cccc4ccccc34)s2)cc1. The Morgan fingerprint density at radius 2 is 1.74 bits per heavy atom. The predicted octanol–water partition coefficient (Wildman–Crippen LogP) is 9.48. The molecule has 0 bridgehead atoms. The fourth-order valence-electron chi connectivity index (χ4n) is 6.17. The zero-order chi connectivity index (χ0) is 34.6. The molecule has 1 aliphatic heterocycles. The maximum Gasteiger partial charge on any atom is 0.296 e. The van der Waals surface area contributed by atoms with E-state index in [0.717, 1.165) is 42.0 Å². The Hall–Kier alpha value is -5.13. The molecule has 1 unspecified atom stereocenters. The van der Waals surface area contributed by atoms with Crippen LogP contribution < -0.4 is 14.4 Å². The summed E-state index contributed by atoms with van der Waals surface area (Å²) < 4.78 is 18.0. The number of hydrogen-bond acceptors (Lipinski definition) is 10. The number of anilines is 1. The average Bonchev–Trinajstić information content (AvgIpc) is 3.87. The third kappa shape index (κ3) is 6.58. The Morgan fingerprint density at radius 3 is 2.56 bits per heavy atom. The van der Waals surface area contributed by atoms with Crippen LogP contribution in [0.3, 0.4) is 0 Å². The van der Waals surface area contributed by atoms with Crippen LogP contribution in [0.25, 0.3) is 21.7 Å². The van der Waals surface area contributed by atoms with Crippen LogP contribution in [0.4, 0.5) is 5.13 Å². The molecule has 0 saturated heterocycles. The Balaban J connectivity index is 1.20. The number of ketones is 1. The van der Waals surface area contributed by atoms with Crippen LogP contribution >= 0.6 is 23.1 Å². The van der Waals surface area contributed by atoms with E-state index < -0.39 is 23.5 Å². The molecule has 2 aromatic heterocycles. The van der Waals surface area contributed by atoms with Gasteiger partial charge in [-0.05, 0) is 52.6 Å². The number of benzene rings is 4. The molecule has 3 heterocycles. The first-order valence-corrected chi connectivity index (χ1v) is 18.3. The number of hydrogen-bond donors (Lipinski definition) is 1. The van der Waals surface area contributed by atoms with Gasteiger partial charge in [0.2, 0.25) is 10.9 Å². The summed E-state index contributed by atoms with van der Waals surface area (Å²) >= 11 is 2.74. The zero-order valence-corrected chi connectivity index (χ0v) is 29.3. The number of aliphatic hydroxyl groups is 1. The second-order valence-corrected chi connectivity index (χ2v) is 14.1. The molecule has 9 nitrogen and oxygen atoms in total. The number of unbranched alkanes of at least 4 members (excludes halogenated alkanes) is 3. The van der Waals surface area contributed by atoms with Crippen LogP contribution in [0, 0.1) is 0 Å². The lowest BCUT2D eigenvalue weighted by Gasteiger charge is -2.24. The smallest absolute Gasteiger partial charge is 0.296 e. The van der Waals surface area contributed by atoms with Crippen LogP contribution in [-0.4, -0.2) is 40.7 Å². The van der Waals surface area contributed by atoms with Crippen molar-refractivity contribution in [3.63, 3.8) is 0 Å². The van der Waals surface area contributed by atoms with E-state index in [2.05, 4.69) is 41.4 Å². The van der Waals surface area contributed by atoms with Gasteiger partial charge in [0.25, 0.3) is 5.91 Å². The van der Waals surface area contributed by atoms with E-state index in [-0.39, 0.29) is 16.5 Å². The third-order valence-corrected chi connectivity index (χ3v) is 10.8. The minimum Gasteiger partial charge on any atom is -0.503 e.